The number of carbonyl (C=O) groups is 1. The van der Waals surface area contributed by atoms with Gasteiger partial charge in [0.15, 0.2) is 5.60 Å². The maximum Gasteiger partial charge on any atom is 0.446 e. The summed E-state index contributed by atoms with van der Waals surface area (Å²) in [5.41, 5.74) is -4.57. The zero-order valence-electron chi connectivity index (χ0n) is 15.9. The third-order valence-electron chi connectivity index (χ3n) is 4.69. The van der Waals surface area contributed by atoms with E-state index >= 15 is 0 Å². The van der Waals surface area contributed by atoms with Crippen molar-refractivity contribution in [3.05, 3.63) is 65.7 Å². The molecule has 4 nitrogen and oxygen atoms in total. The monoisotopic (exact) mass is 425 g/mol. The average Bonchev–Trinajstić information content (AvgIpc) is 2.69. The van der Waals surface area contributed by atoms with E-state index < -0.39 is 23.2 Å². The summed E-state index contributed by atoms with van der Waals surface area (Å²) in [4.78, 5) is 12.2. The fraction of sp³-hybridized carbons (Fsp3) is 0.381. The molecule has 2 aromatic carbocycles. The molecule has 1 aliphatic rings. The molecule has 0 saturated carbocycles. The number of thioether (sulfide) groups is 1. The number of benzene rings is 2. The summed E-state index contributed by atoms with van der Waals surface area (Å²) in [6, 6.07) is 15.4. The number of hydrogen-bond donors (Lipinski definition) is 1. The van der Waals surface area contributed by atoms with Crippen molar-refractivity contribution in [3.8, 4) is 0 Å². The summed E-state index contributed by atoms with van der Waals surface area (Å²) in [5.74, 6) is -0.524. The first-order valence-corrected chi connectivity index (χ1v) is 10.0. The molecule has 156 valence electrons. The molecule has 0 bridgehead atoms. The molecule has 1 saturated heterocycles. The van der Waals surface area contributed by atoms with Gasteiger partial charge >= 0.3 is 11.5 Å². The van der Waals surface area contributed by atoms with Gasteiger partial charge in [-0.3, -0.25) is 4.79 Å². The number of carbonyl (C=O) groups excluding carboxylic acids is 1. The summed E-state index contributed by atoms with van der Waals surface area (Å²) < 4.78 is 51.1. The summed E-state index contributed by atoms with van der Waals surface area (Å²) in [6.07, 6.45) is -0.492. The minimum atomic E-state index is -4.42. The Hall–Kier alpha value is -2.03. The van der Waals surface area contributed by atoms with E-state index in [0.29, 0.717) is 30.8 Å². The molecule has 8 heteroatoms. The van der Waals surface area contributed by atoms with Crippen molar-refractivity contribution >= 4 is 17.7 Å². The summed E-state index contributed by atoms with van der Waals surface area (Å²) >= 11 is -0.168. The van der Waals surface area contributed by atoms with E-state index in [1.54, 1.807) is 42.5 Å². The van der Waals surface area contributed by atoms with Gasteiger partial charge in [0.1, 0.15) is 6.10 Å². The van der Waals surface area contributed by atoms with Crippen LogP contribution in [0, 0.1) is 0 Å². The highest BCUT2D eigenvalue weighted by atomic mass is 32.2. The van der Waals surface area contributed by atoms with Crippen LogP contribution in [0.25, 0.3) is 0 Å². The molecule has 0 aliphatic carbocycles. The predicted molar refractivity (Wildman–Crippen MR) is 105 cm³/mol. The van der Waals surface area contributed by atoms with Crippen molar-refractivity contribution in [1.29, 1.82) is 0 Å². The van der Waals surface area contributed by atoms with Crippen molar-refractivity contribution in [1.82, 2.24) is 5.32 Å². The van der Waals surface area contributed by atoms with Gasteiger partial charge in [0.05, 0.1) is 6.61 Å². The number of morpholine rings is 1. The van der Waals surface area contributed by atoms with Crippen LogP contribution in [0.4, 0.5) is 13.2 Å². The number of alkyl halides is 3. The number of rotatable bonds is 6. The van der Waals surface area contributed by atoms with Crippen LogP contribution >= 0.6 is 11.8 Å². The molecule has 1 aliphatic heterocycles. The molecule has 0 amide bonds. The van der Waals surface area contributed by atoms with Gasteiger partial charge in [-0.05, 0) is 29.0 Å². The number of ether oxygens (including phenoxy) is 2. The maximum absolute atomic E-state index is 13.1. The quantitative estimate of drug-likeness (QED) is 0.553. The summed E-state index contributed by atoms with van der Waals surface area (Å²) in [5, 5.41) is 3.22. The summed E-state index contributed by atoms with van der Waals surface area (Å²) in [6.45, 7) is 2.78. The number of halogens is 3. The van der Waals surface area contributed by atoms with Gasteiger partial charge in [-0.1, -0.05) is 48.5 Å². The third kappa shape index (κ3) is 5.52. The van der Waals surface area contributed by atoms with E-state index in [4.69, 9.17) is 9.47 Å². The average molecular weight is 425 g/mol. The molecule has 2 aromatic rings. The Morgan fingerprint density at radius 1 is 1.17 bits per heavy atom. The first-order chi connectivity index (χ1) is 13.8. The molecule has 0 spiro atoms. The minimum Gasteiger partial charge on any atom is -0.451 e. The van der Waals surface area contributed by atoms with E-state index in [1.807, 2.05) is 6.07 Å². The fourth-order valence-electron chi connectivity index (χ4n) is 3.56. The number of nitrogens with one attached hydrogen (secondary N) is 1. The molecule has 29 heavy (non-hydrogen) atoms. The minimum absolute atomic E-state index is 0.0577. The second-order valence-corrected chi connectivity index (χ2v) is 7.85. The second-order valence-electron chi connectivity index (χ2n) is 6.75. The molecular weight excluding hydrogens is 403 g/mol. The SMILES string of the molecule is CC(=O)OC(Cc1ccccc1SC(F)(F)F)(c1ccccc1)C1CNCCO1. The van der Waals surface area contributed by atoms with Gasteiger partial charge < -0.3 is 14.8 Å². The third-order valence-corrected chi connectivity index (χ3v) is 5.54. The highest BCUT2D eigenvalue weighted by Gasteiger charge is 2.46. The molecule has 2 unspecified atom stereocenters. The van der Waals surface area contributed by atoms with Crippen LogP contribution in [0.15, 0.2) is 59.5 Å². The molecule has 3 rings (SSSR count). The number of hydrogen-bond acceptors (Lipinski definition) is 5. The Morgan fingerprint density at radius 2 is 1.86 bits per heavy atom. The first-order valence-electron chi connectivity index (χ1n) is 9.21. The van der Waals surface area contributed by atoms with Crippen molar-refractivity contribution in [2.75, 3.05) is 19.7 Å². The van der Waals surface area contributed by atoms with Crippen molar-refractivity contribution in [2.24, 2.45) is 0 Å². The van der Waals surface area contributed by atoms with E-state index in [9.17, 15) is 18.0 Å². The first kappa shape index (κ1) is 21.7. The van der Waals surface area contributed by atoms with Crippen molar-refractivity contribution < 1.29 is 27.4 Å². The van der Waals surface area contributed by atoms with Gasteiger partial charge in [0.25, 0.3) is 0 Å². The molecular formula is C21H22F3NO3S. The highest BCUT2D eigenvalue weighted by Crippen LogP contribution is 2.42. The Labute approximate surface area is 171 Å². The zero-order chi connectivity index (χ0) is 20.9. The molecule has 2 atom stereocenters. The standard InChI is InChI=1S/C21H22F3NO3S/c1-15(26)28-20(17-8-3-2-4-9-17,19-14-25-11-12-27-19)13-16-7-5-6-10-18(16)29-21(22,23)24/h2-10,19,25H,11-14H2,1H3. The Bertz CT molecular complexity index is 825. The van der Waals surface area contributed by atoms with E-state index in [1.165, 1.54) is 13.0 Å². The van der Waals surface area contributed by atoms with Crippen molar-refractivity contribution in [2.45, 2.75) is 35.5 Å². The molecule has 1 heterocycles. The second kappa shape index (κ2) is 9.19. The molecule has 1 fully saturated rings. The highest BCUT2D eigenvalue weighted by molar-refractivity contribution is 8.00. The molecule has 0 aromatic heterocycles. The van der Waals surface area contributed by atoms with Crippen molar-refractivity contribution in [3.63, 3.8) is 0 Å². The molecule has 0 radical (unpaired) electrons. The van der Waals surface area contributed by atoms with Gasteiger partial charge in [0.2, 0.25) is 0 Å². The van der Waals surface area contributed by atoms with Crippen LogP contribution in [-0.2, 0) is 26.3 Å². The zero-order valence-corrected chi connectivity index (χ0v) is 16.7. The Balaban J connectivity index is 2.09. The Kier molecular flexibility index (Phi) is 6.87. The van der Waals surface area contributed by atoms with E-state index in [-0.39, 0.29) is 23.1 Å². The lowest BCUT2D eigenvalue weighted by atomic mass is 9.81. The van der Waals surface area contributed by atoms with Crippen LogP contribution in [0.2, 0.25) is 0 Å². The smallest absolute Gasteiger partial charge is 0.446 e. The van der Waals surface area contributed by atoms with E-state index in [0.717, 1.165) is 0 Å². The van der Waals surface area contributed by atoms with Crippen LogP contribution in [0.3, 0.4) is 0 Å². The van der Waals surface area contributed by atoms with Crippen LogP contribution < -0.4 is 5.32 Å². The maximum atomic E-state index is 13.1. The summed E-state index contributed by atoms with van der Waals surface area (Å²) in [7, 11) is 0. The lowest BCUT2D eigenvalue weighted by Gasteiger charge is -2.42. The van der Waals surface area contributed by atoms with Crippen LogP contribution in [0.1, 0.15) is 18.1 Å². The van der Waals surface area contributed by atoms with Gasteiger partial charge in [-0.25, -0.2) is 0 Å². The normalized spacial score (nSPS) is 19.4. The van der Waals surface area contributed by atoms with Gasteiger partial charge in [0, 0.05) is 31.3 Å². The molecule has 1 N–H and O–H groups in total. The topological polar surface area (TPSA) is 47.6 Å². The Morgan fingerprint density at radius 3 is 2.48 bits per heavy atom. The van der Waals surface area contributed by atoms with Gasteiger partial charge in [-0.2, -0.15) is 13.2 Å². The lowest BCUT2D eigenvalue weighted by Crippen LogP contribution is -2.54. The largest absolute Gasteiger partial charge is 0.451 e. The lowest BCUT2D eigenvalue weighted by molar-refractivity contribution is -0.183. The van der Waals surface area contributed by atoms with Gasteiger partial charge in [-0.15, -0.1) is 0 Å². The fourth-order valence-corrected chi connectivity index (χ4v) is 4.23. The van der Waals surface area contributed by atoms with E-state index in [2.05, 4.69) is 5.32 Å². The van der Waals surface area contributed by atoms with Crippen LogP contribution in [0.5, 0.6) is 0 Å². The number of esters is 1. The van der Waals surface area contributed by atoms with Crippen LogP contribution in [-0.4, -0.2) is 37.3 Å². The predicted octanol–water partition coefficient (Wildman–Crippen LogP) is 4.29.